The van der Waals surface area contributed by atoms with Crippen LogP contribution in [0.4, 0.5) is 5.82 Å². The van der Waals surface area contributed by atoms with E-state index in [-0.39, 0.29) is 6.10 Å². The van der Waals surface area contributed by atoms with E-state index < -0.39 is 0 Å². The number of hydrogen-bond donors (Lipinski definition) is 3. The van der Waals surface area contributed by atoms with Gasteiger partial charge in [0.1, 0.15) is 17.8 Å². The molecule has 0 unspecified atom stereocenters. The van der Waals surface area contributed by atoms with Crippen molar-refractivity contribution in [2.75, 3.05) is 5.32 Å². The summed E-state index contributed by atoms with van der Waals surface area (Å²) in [5.74, 6) is 0.852. The van der Waals surface area contributed by atoms with Gasteiger partial charge in [0.05, 0.1) is 11.5 Å². The van der Waals surface area contributed by atoms with Gasteiger partial charge in [-0.05, 0) is 25.3 Å². The highest BCUT2D eigenvalue weighted by molar-refractivity contribution is 5.86. The molecule has 1 fully saturated rings. The Kier molecular flexibility index (Phi) is 2.25. The first-order chi connectivity index (χ1) is 7.83. The molecule has 2 aromatic heterocycles. The molecule has 0 spiro atoms. The van der Waals surface area contributed by atoms with E-state index in [9.17, 15) is 5.11 Å². The predicted octanol–water partition coefficient (Wildman–Crippen LogP) is 1.28. The van der Waals surface area contributed by atoms with E-state index in [1.807, 2.05) is 12.3 Å². The highest BCUT2D eigenvalue weighted by Crippen LogP contribution is 2.25. The molecule has 0 amide bonds. The number of nitrogens with one attached hydrogen (secondary N) is 2. The van der Waals surface area contributed by atoms with Crippen molar-refractivity contribution in [3.05, 3.63) is 18.6 Å². The van der Waals surface area contributed by atoms with E-state index in [0.717, 1.165) is 36.1 Å². The summed E-state index contributed by atoms with van der Waals surface area (Å²) < 4.78 is 0. The zero-order valence-electron chi connectivity index (χ0n) is 8.85. The highest BCUT2D eigenvalue weighted by atomic mass is 16.3. The maximum Gasteiger partial charge on any atom is 0.142 e. The maximum atomic E-state index is 9.47. The van der Waals surface area contributed by atoms with Crippen molar-refractivity contribution < 1.29 is 5.11 Å². The molecule has 2 atom stereocenters. The molecule has 0 saturated heterocycles. The summed E-state index contributed by atoms with van der Waals surface area (Å²) in [7, 11) is 0. The molecule has 1 saturated carbocycles. The summed E-state index contributed by atoms with van der Waals surface area (Å²) in [4.78, 5) is 11.4. The molecule has 5 nitrogen and oxygen atoms in total. The Morgan fingerprint density at radius 1 is 1.38 bits per heavy atom. The van der Waals surface area contributed by atoms with Gasteiger partial charge < -0.3 is 15.4 Å². The van der Waals surface area contributed by atoms with Crippen molar-refractivity contribution in [3.63, 3.8) is 0 Å². The molecule has 3 rings (SSSR count). The Morgan fingerprint density at radius 3 is 3.12 bits per heavy atom. The SMILES string of the molecule is O[C@@H]1CC[C@H](Nc2ncnc3[nH]ccc23)C1. The molecule has 16 heavy (non-hydrogen) atoms. The van der Waals surface area contributed by atoms with Gasteiger partial charge in [-0.25, -0.2) is 9.97 Å². The smallest absolute Gasteiger partial charge is 0.142 e. The summed E-state index contributed by atoms with van der Waals surface area (Å²) in [6, 6.07) is 2.28. The molecule has 0 aromatic carbocycles. The van der Waals surface area contributed by atoms with Crippen LogP contribution in [0.15, 0.2) is 18.6 Å². The molecule has 5 heteroatoms. The van der Waals surface area contributed by atoms with Crippen LogP contribution in [0.1, 0.15) is 19.3 Å². The molecule has 84 valence electrons. The third-order valence-electron chi connectivity index (χ3n) is 3.10. The molecule has 0 aliphatic heterocycles. The monoisotopic (exact) mass is 218 g/mol. The van der Waals surface area contributed by atoms with E-state index in [0.29, 0.717) is 6.04 Å². The number of H-pyrrole nitrogens is 1. The minimum absolute atomic E-state index is 0.166. The summed E-state index contributed by atoms with van der Waals surface area (Å²) in [6.45, 7) is 0. The first-order valence-corrected chi connectivity index (χ1v) is 5.55. The van der Waals surface area contributed by atoms with Crippen LogP contribution in [0, 0.1) is 0 Å². The molecule has 2 heterocycles. The molecule has 0 bridgehead atoms. The molecular weight excluding hydrogens is 204 g/mol. The fraction of sp³-hybridized carbons (Fsp3) is 0.455. The number of anilines is 1. The Balaban J connectivity index is 1.86. The lowest BCUT2D eigenvalue weighted by Crippen LogP contribution is -2.17. The Morgan fingerprint density at radius 2 is 2.31 bits per heavy atom. The van der Waals surface area contributed by atoms with Crippen molar-refractivity contribution >= 4 is 16.9 Å². The van der Waals surface area contributed by atoms with Gasteiger partial charge in [0.2, 0.25) is 0 Å². The van der Waals surface area contributed by atoms with Crippen LogP contribution in [0.2, 0.25) is 0 Å². The minimum atomic E-state index is -0.166. The first kappa shape index (κ1) is 9.59. The lowest BCUT2D eigenvalue weighted by atomic mass is 10.2. The quantitative estimate of drug-likeness (QED) is 0.710. The molecule has 1 aliphatic carbocycles. The van der Waals surface area contributed by atoms with Crippen molar-refractivity contribution in [2.45, 2.75) is 31.4 Å². The third kappa shape index (κ3) is 1.63. The minimum Gasteiger partial charge on any atom is -0.393 e. The number of aliphatic hydroxyl groups excluding tert-OH is 1. The van der Waals surface area contributed by atoms with Gasteiger partial charge in [-0.1, -0.05) is 0 Å². The van der Waals surface area contributed by atoms with Gasteiger partial charge in [0.15, 0.2) is 0 Å². The summed E-state index contributed by atoms with van der Waals surface area (Å²) in [5.41, 5.74) is 0.844. The maximum absolute atomic E-state index is 9.47. The van der Waals surface area contributed by atoms with E-state index in [1.165, 1.54) is 0 Å². The Bertz CT molecular complexity index is 495. The third-order valence-corrected chi connectivity index (χ3v) is 3.10. The summed E-state index contributed by atoms with van der Waals surface area (Å²) in [5, 5.41) is 13.8. The number of nitrogens with zero attached hydrogens (tertiary/aromatic N) is 2. The van der Waals surface area contributed by atoms with Crippen molar-refractivity contribution in [1.82, 2.24) is 15.0 Å². The van der Waals surface area contributed by atoms with E-state index >= 15 is 0 Å². The van der Waals surface area contributed by atoms with Gasteiger partial charge in [0, 0.05) is 12.2 Å². The van der Waals surface area contributed by atoms with Crippen LogP contribution in [0.5, 0.6) is 0 Å². The van der Waals surface area contributed by atoms with Crippen LogP contribution in [0.25, 0.3) is 11.0 Å². The van der Waals surface area contributed by atoms with Crippen LogP contribution in [0.3, 0.4) is 0 Å². The zero-order chi connectivity index (χ0) is 11.0. The van der Waals surface area contributed by atoms with Crippen LogP contribution < -0.4 is 5.32 Å². The van der Waals surface area contributed by atoms with E-state index in [1.54, 1.807) is 6.33 Å². The van der Waals surface area contributed by atoms with Gasteiger partial charge >= 0.3 is 0 Å². The number of aliphatic hydroxyl groups is 1. The number of fused-ring (bicyclic) bond motifs is 1. The fourth-order valence-corrected chi connectivity index (χ4v) is 2.27. The van der Waals surface area contributed by atoms with Crippen LogP contribution in [-0.2, 0) is 0 Å². The second kappa shape index (κ2) is 3.75. The standard InChI is InChI=1S/C11H14N4O/c16-8-2-1-7(5-8)15-11-9-3-4-12-10(9)13-6-14-11/h3-4,6-8,16H,1-2,5H2,(H2,12,13,14,15)/t7-,8+/m0/s1. The van der Waals surface area contributed by atoms with Gasteiger partial charge in [0.25, 0.3) is 0 Å². The van der Waals surface area contributed by atoms with E-state index in [2.05, 4.69) is 20.3 Å². The average Bonchev–Trinajstić information content (AvgIpc) is 2.87. The Hall–Kier alpha value is -1.62. The van der Waals surface area contributed by atoms with Crippen molar-refractivity contribution in [2.24, 2.45) is 0 Å². The lowest BCUT2D eigenvalue weighted by molar-refractivity contribution is 0.182. The normalized spacial score (nSPS) is 25.1. The lowest BCUT2D eigenvalue weighted by Gasteiger charge is -2.12. The molecule has 1 aliphatic rings. The topological polar surface area (TPSA) is 73.8 Å². The summed E-state index contributed by atoms with van der Waals surface area (Å²) >= 11 is 0. The van der Waals surface area contributed by atoms with Crippen molar-refractivity contribution in [3.8, 4) is 0 Å². The fourth-order valence-electron chi connectivity index (χ4n) is 2.27. The highest BCUT2D eigenvalue weighted by Gasteiger charge is 2.23. The largest absolute Gasteiger partial charge is 0.393 e. The van der Waals surface area contributed by atoms with E-state index in [4.69, 9.17) is 0 Å². The molecule has 2 aromatic rings. The Labute approximate surface area is 92.9 Å². The predicted molar refractivity (Wildman–Crippen MR) is 61.2 cm³/mol. The van der Waals surface area contributed by atoms with Crippen molar-refractivity contribution in [1.29, 1.82) is 0 Å². The zero-order valence-corrected chi connectivity index (χ0v) is 8.85. The summed E-state index contributed by atoms with van der Waals surface area (Å²) in [6.07, 6.45) is 5.91. The molecule has 3 N–H and O–H groups in total. The van der Waals surface area contributed by atoms with Gasteiger partial charge in [-0.15, -0.1) is 0 Å². The van der Waals surface area contributed by atoms with Crippen LogP contribution in [-0.4, -0.2) is 32.2 Å². The number of aromatic nitrogens is 3. The molecule has 0 radical (unpaired) electrons. The number of hydrogen-bond acceptors (Lipinski definition) is 4. The molecular formula is C11H14N4O. The average molecular weight is 218 g/mol. The van der Waals surface area contributed by atoms with Crippen LogP contribution >= 0.6 is 0 Å². The second-order valence-corrected chi connectivity index (χ2v) is 4.27. The first-order valence-electron chi connectivity index (χ1n) is 5.55. The second-order valence-electron chi connectivity index (χ2n) is 4.27. The van der Waals surface area contributed by atoms with Gasteiger partial charge in [-0.2, -0.15) is 0 Å². The number of aromatic amines is 1. The number of rotatable bonds is 2. The van der Waals surface area contributed by atoms with Gasteiger partial charge in [-0.3, -0.25) is 0 Å².